The second kappa shape index (κ2) is 12.8. The maximum Gasteiger partial charge on any atom is 0.411 e. The van der Waals surface area contributed by atoms with Gasteiger partial charge >= 0.3 is 12.1 Å². The number of aliphatic imine (C=N–C) groups is 1. The third kappa shape index (κ3) is 8.57. The van der Waals surface area contributed by atoms with Crippen molar-refractivity contribution in [2.75, 3.05) is 32.7 Å². The third-order valence-electron chi connectivity index (χ3n) is 4.74. The number of amides is 2. The number of ether oxygens (including phenoxy) is 1. The third-order valence-corrected chi connectivity index (χ3v) is 4.74. The van der Waals surface area contributed by atoms with E-state index in [1.54, 1.807) is 4.90 Å². The first-order chi connectivity index (χ1) is 12.3. The van der Waals surface area contributed by atoms with Crippen LogP contribution >= 0.6 is 0 Å². The normalized spacial score (nSPS) is 16.8. The fourth-order valence-electron chi connectivity index (χ4n) is 3.33. The Kier molecular flexibility index (Phi) is 12.7. The molecule has 5 N–H and O–H groups in total. The number of rotatable bonds is 8. The standard InChI is InChI=1S/C16H27N5O5.3CH4/c17-14(18)19-7-3-1-2-4-12(22)20-8-5-16(6-9-20)11-21(10-13(23)24)15(25)26-16;;;/h1-11H2,(H,23,24)(H4,17,18,19);3*1H4. The van der Waals surface area contributed by atoms with Crippen LogP contribution in [0.4, 0.5) is 4.79 Å². The van der Waals surface area contributed by atoms with Gasteiger partial charge in [0.15, 0.2) is 5.96 Å². The zero-order chi connectivity index (χ0) is 19.2. The Morgan fingerprint density at radius 3 is 2.28 bits per heavy atom. The summed E-state index contributed by atoms with van der Waals surface area (Å²) in [5.74, 6) is -0.891. The van der Waals surface area contributed by atoms with E-state index >= 15 is 0 Å². The van der Waals surface area contributed by atoms with Gasteiger partial charge in [0.1, 0.15) is 12.1 Å². The first-order valence-electron chi connectivity index (χ1n) is 8.84. The second-order valence-corrected chi connectivity index (χ2v) is 6.80. The SMILES string of the molecule is C.C.C.NC(N)=NCCCCCC(=O)N1CCC2(CC1)CN(CC(=O)O)C(=O)O2. The fourth-order valence-corrected chi connectivity index (χ4v) is 3.33. The van der Waals surface area contributed by atoms with Crippen LogP contribution in [0.3, 0.4) is 0 Å². The number of nitrogens with zero attached hydrogens (tertiary/aromatic N) is 3. The van der Waals surface area contributed by atoms with E-state index in [0.717, 1.165) is 19.3 Å². The lowest BCUT2D eigenvalue weighted by atomic mass is 9.91. The molecule has 1 spiro atoms. The molecule has 0 bridgehead atoms. The van der Waals surface area contributed by atoms with Crippen LogP contribution in [0.15, 0.2) is 4.99 Å². The van der Waals surface area contributed by atoms with Crippen LogP contribution in [0.1, 0.15) is 60.8 Å². The monoisotopic (exact) mass is 417 g/mol. The summed E-state index contributed by atoms with van der Waals surface area (Å²) in [5.41, 5.74) is 9.83. The highest BCUT2D eigenvalue weighted by Crippen LogP contribution is 2.33. The molecule has 170 valence electrons. The predicted octanol–water partition coefficient (Wildman–Crippen LogP) is 1.63. The molecule has 2 fully saturated rings. The summed E-state index contributed by atoms with van der Waals surface area (Å²) in [4.78, 5) is 41.8. The van der Waals surface area contributed by atoms with Crippen molar-refractivity contribution in [3.63, 3.8) is 0 Å². The van der Waals surface area contributed by atoms with Crippen LogP contribution in [0, 0.1) is 0 Å². The van der Waals surface area contributed by atoms with E-state index in [-0.39, 0.29) is 47.2 Å². The maximum absolute atomic E-state index is 12.3. The molecule has 0 unspecified atom stereocenters. The molecule has 0 aromatic rings. The number of carboxylic acid groups (broad SMARTS) is 1. The largest absolute Gasteiger partial charge is 0.480 e. The van der Waals surface area contributed by atoms with E-state index in [1.807, 2.05) is 0 Å². The highest BCUT2D eigenvalue weighted by atomic mass is 16.6. The Hall–Kier alpha value is -2.52. The van der Waals surface area contributed by atoms with E-state index in [0.29, 0.717) is 38.9 Å². The highest BCUT2D eigenvalue weighted by molar-refractivity contribution is 5.79. The smallest absolute Gasteiger partial charge is 0.411 e. The van der Waals surface area contributed by atoms with Crippen molar-refractivity contribution in [1.82, 2.24) is 9.80 Å². The molecule has 2 heterocycles. The van der Waals surface area contributed by atoms with E-state index in [2.05, 4.69) is 4.99 Å². The minimum atomic E-state index is -1.06. The van der Waals surface area contributed by atoms with Crippen LogP contribution in [0.5, 0.6) is 0 Å². The second-order valence-electron chi connectivity index (χ2n) is 6.80. The Bertz CT molecular complexity index is 569. The number of guanidine groups is 1. The predicted molar refractivity (Wildman–Crippen MR) is 114 cm³/mol. The molecule has 2 aliphatic heterocycles. The number of carbonyl (C=O) groups is 3. The zero-order valence-electron chi connectivity index (χ0n) is 14.9. The lowest BCUT2D eigenvalue weighted by Gasteiger charge is -2.37. The molecule has 0 radical (unpaired) electrons. The highest BCUT2D eigenvalue weighted by Gasteiger charge is 2.47. The molecule has 0 aliphatic carbocycles. The Labute approximate surface area is 174 Å². The Balaban J connectivity index is 0. The van der Waals surface area contributed by atoms with Crippen molar-refractivity contribution < 1.29 is 24.2 Å². The molecule has 2 amide bonds. The summed E-state index contributed by atoms with van der Waals surface area (Å²) in [6.45, 7) is 1.51. The van der Waals surface area contributed by atoms with Crippen LogP contribution in [-0.2, 0) is 14.3 Å². The molecule has 0 aromatic heterocycles. The van der Waals surface area contributed by atoms with Gasteiger partial charge < -0.3 is 26.2 Å². The Morgan fingerprint density at radius 2 is 1.72 bits per heavy atom. The van der Waals surface area contributed by atoms with E-state index < -0.39 is 17.7 Å². The van der Waals surface area contributed by atoms with Crippen molar-refractivity contribution in [2.45, 2.75) is 66.4 Å². The molecule has 2 saturated heterocycles. The average molecular weight is 418 g/mol. The number of unbranched alkanes of at least 4 members (excludes halogenated alkanes) is 2. The molecule has 0 atom stereocenters. The molecule has 29 heavy (non-hydrogen) atoms. The summed E-state index contributed by atoms with van der Waals surface area (Å²) >= 11 is 0. The number of hydrogen-bond acceptors (Lipinski definition) is 5. The maximum atomic E-state index is 12.3. The van der Waals surface area contributed by atoms with Crippen LogP contribution in [0.2, 0.25) is 0 Å². The Morgan fingerprint density at radius 1 is 1.10 bits per heavy atom. The van der Waals surface area contributed by atoms with Gasteiger partial charge in [-0.1, -0.05) is 28.7 Å². The van der Waals surface area contributed by atoms with Crippen LogP contribution in [0.25, 0.3) is 0 Å². The average Bonchev–Trinajstić information content (AvgIpc) is 2.85. The lowest BCUT2D eigenvalue weighted by molar-refractivity contribution is -0.137. The molecule has 0 saturated carbocycles. The topological polar surface area (TPSA) is 152 Å². The summed E-state index contributed by atoms with van der Waals surface area (Å²) in [6.07, 6.45) is 3.44. The summed E-state index contributed by atoms with van der Waals surface area (Å²) < 4.78 is 5.43. The van der Waals surface area contributed by atoms with Gasteiger partial charge in [-0.25, -0.2) is 4.79 Å². The van der Waals surface area contributed by atoms with E-state index in [1.165, 1.54) is 4.90 Å². The first-order valence-corrected chi connectivity index (χ1v) is 8.84. The van der Waals surface area contributed by atoms with Crippen LogP contribution in [-0.4, -0.2) is 77.2 Å². The number of piperidine rings is 1. The summed E-state index contributed by atoms with van der Waals surface area (Å²) in [7, 11) is 0. The van der Waals surface area contributed by atoms with Gasteiger partial charge in [0.25, 0.3) is 0 Å². The number of likely N-dealkylation sites (tertiary alicyclic amines) is 1. The number of carboxylic acids is 1. The van der Waals surface area contributed by atoms with Crippen molar-refractivity contribution in [3.8, 4) is 0 Å². The summed E-state index contributed by atoms with van der Waals surface area (Å²) in [5, 5.41) is 8.84. The van der Waals surface area contributed by atoms with Crippen molar-refractivity contribution >= 4 is 23.9 Å². The van der Waals surface area contributed by atoms with Gasteiger partial charge in [-0.05, 0) is 12.8 Å². The van der Waals surface area contributed by atoms with Crippen molar-refractivity contribution in [3.05, 3.63) is 0 Å². The van der Waals surface area contributed by atoms with Gasteiger partial charge in [-0.3, -0.25) is 19.5 Å². The van der Waals surface area contributed by atoms with Crippen LogP contribution < -0.4 is 11.5 Å². The minimum absolute atomic E-state index is 0. The molecule has 0 aromatic carbocycles. The van der Waals surface area contributed by atoms with E-state index in [4.69, 9.17) is 21.3 Å². The van der Waals surface area contributed by atoms with Gasteiger partial charge in [-0.15, -0.1) is 0 Å². The molecule has 10 nitrogen and oxygen atoms in total. The minimum Gasteiger partial charge on any atom is -0.480 e. The van der Waals surface area contributed by atoms with Gasteiger partial charge in [0, 0.05) is 38.9 Å². The summed E-state index contributed by atoms with van der Waals surface area (Å²) in [6, 6.07) is 0. The van der Waals surface area contributed by atoms with Crippen molar-refractivity contribution in [1.29, 1.82) is 0 Å². The first kappa shape index (κ1) is 28.7. The lowest BCUT2D eigenvalue weighted by Crippen LogP contribution is -2.48. The van der Waals surface area contributed by atoms with Crippen molar-refractivity contribution in [2.24, 2.45) is 16.5 Å². The zero-order valence-corrected chi connectivity index (χ0v) is 14.9. The molecular weight excluding hydrogens is 378 g/mol. The quantitative estimate of drug-likeness (QED) is 0.308. The number of aliphatic carboxylic acids is 1. The molecular formula is C19H39N5O5. The molecule has 2 rings (SSSR count). The fraction of sp³-hybridized carbons (Fsp3) is 0.789. The van der Waals surface area contributed by atoms with E-state index in [9.17, 15) is 14.4 Å². The molecule has 2 aliphatic rings. The van der Waals surface area contributed by atoms with Gasteiger partial charge in [0.2, 0.25) is 5.91 Å². The van der Waals surface area contributed by atoms with Gasteiger partial charge in [0.05, 0.1) is 6.54 Å². The number of nitrogens with two attached hydrogens (primary N) is 2. The molecule has 10 heteroatoms. The number of hydrogen-bond donors (Lipinski definition) is 3. The number of carbonyl (C=O) groups excluding carboxylic acids is 2. The van der Waals surface area contributed by atoms with Gasteiger partial charge in [-0.2, -0.15) is 0 Å².